The summed E-state index contributed by atoms with van der Waals surface area (Å²) in [6.07, 6.45) is 3.24. The van der Waals surface area contributed by atoms with Gasteiger partial charge in [0.1, 0.15) is 0 Å². The molecule has 0 saturated carbocycles. The Morgan fingerprint density at radius 2 is 2.12 bits per heavy atom. The van der Waals surface area contributed by atoms with Gasteiger partial charge in [-0.25, -0.2) is 0 Å². The molecular weight excluding hydrogens is 196 g/mol. The predicted molar refractivity (Wildman–Crippen MR) is 67.8 cm³/mol. The van der Waals surface area contributed by atoms with Gasteiger partial charge >= 0.3 is 0 Å². The fourth-order valence-electron chi connectivity index (χ4n) is 2.90. The van der Waals surface area contributed by atoms with Crippen molar-refractivity contribution in [3.8, 4) is 0 Å². The van der Waals surface area contributed by atoms with Gasteiger partial charge in [0.05, 0.1) is 0 Å². The Kier molecular flexibility index (Phi) is 2.08. The fourth-order valence-corrected chi connectivity index (χ4v) is 2.90. The number of hydrogen-bond acceptors (Lipinski definition) is 1. The normalized spacial score (nSPS) is 20.1. The zero-order valence-corrected chi connectivity index (χ0v) is 9.93. The molecule has 0 aliphatic heterocycles. The summed E-state index contributed by atoms with van der Waals surface area (Å²) in [6, 6.07) is 4.87. The summed E-state index contributed by atoms with van der Waals surface area (Å²) in [6.45, 7) is 4.34. The third kappa shape index (κ3) is 1.37. The van der Waals surface area contributed by atoms with E-state index >= 15 is 0 Å². The van der Waals surface area contributed by atoms with Crippen molar-refractivity contribution in [1.82, 2.24) is 4.98 Å². The molecule has 3 N–H and O–H groups in total. The van der Waals surface area contributed by atoms with Crippen molar-refractivity contribution in [3.63, 3.8) is 0 Å². The topological polar surface area (TPSA) is 41.8 Å². The van der Waals surface area contributed by atoms with Crippen LogP contribution < -0.4 is 5.73 Å². The number of benzene rings is 1. The van der Waals surface area contributed by atoms with E-state index < -0.39 is 0 Å². The largest absolute Gasteiger partial charge is 0.358 e. The number of rotatable bonds is 0. The molecule has 1 aromatic heterocycles. The predicted octanol–water partition coefficient (Wildman–Crippen LogP) is 2.60. The highest BCUT2D eigenvalue weighted by Gasteiger charge is 2.20. The molecule has 0 radical (unpaired) electrons. The molecule has 1 aliphatic carbocycles. The average molecular weight is 214 g/mol. The summed E-state index contributed by atoms with van der Waals surface area (Å²) in [4.78, 5) is 3.58. The van der Waals surface area contributed by atoms with E-state index in [1.807, 2.05) is 0 Å². The maximum absolute atomic E-state index is 6.06. The van der Waals surface area contributed by atoms with Gasteiger partial charge in [-0.2, -0.15) is 0 Å². The first-order valence-electron chi connectivity index (χ1n) is 6.01. The molecule has 2 heteroatoms. The quantitative estimate of drug-likeness (QED) is 0.695. The van der Waals surface area contributed by atoms with Crippen LogP contribution in [0.15, 0.2) is 12.1 Å². The Hall–Kier alpha value is -1.28. The van der Waals surface area contributed by atoms with E-state index in [-0.39, 0.29) is 0 Å². The van der Waals surface area contributed by atoms with E-state index in [1.54, 1.807) is 0 Å². The van der Waals surface area contributed by atoms with Crippen LogP contribution in [0.1, 0.15) is 28.8 Å². The number of fused-ring (bicyclic) bond motifs is 3. The Labute approximate surface area is 95.8 Å². The van der Waals surface area contributed by atoms with Crippen LogP contribution in [0.4, 0.5) is 0 Å². The van der Waals surface area contributed by atoms with Gasteiger partial charge in [-0.05, 0) is 50.3 Å². The lowest BCUT2D eigenvalue weighted by atomic mass is 9.91. The van der Waals surface area contributed by atoms with Crippen LogP contribution in [0.2, 0.25) is 0 Å². The summed E-state index contributed by atoms with van der Waals surface area (Å²) in [7, 11) is 0. The molecular formula is C14H18N2. The highest BCUT2D eigenvalue weighted by atomic mass is 14.7. The van der Waals surface area contributed by atoms with E-state index in [0.29, 0.717) is 6.04 Å². The van der Waals surface area contributed by atoms with Crippen molar-refractivity contribution in [2.75, 3.05) is 0 Å². The molecule has 2 nitrogen and oxygen atoms in total. The Morgan fingerprint density at radius 1 is 1.31 bits per heavy atom. The minimum Gasteiger partial charge on any atom is -0.358 e. The monoisotopic (exact) mass is 214 g/mol. The number of aromatic amines is 1. The summed E-state index contributed by atoms with van der Waals surface area (Å²) in [5.74, 6) is 0. The van der Waals surface area contributed by atoms with Gasteiger partial charge in [-0.15, -0.1) is 0 Å². The molecule has 1 atom stereocenters. The Balaban J connectivity index is 2.30. The Bertz CT molecular complexity index is 551. The zero-order valence-electron chi connectivity index (χ0n) is 9.93. The molecule has 84 valence electrons. The van der Waals surface area contributed by atoms with Crippen molar-refractivity contribution in [2.45, 2.75) is 39.2 Å². The smallest absolute Gasteiger partial charge is 0.0488 e. The highest BCUT2D eigenvalue weighted by molar-refractivity contribution is 5.88. The molecule has 3 rings (SSSR count). The summed E-state index contributed by atoms with van der Waals surface area (Å²) in [5.41, 5.74) is 12.9. The van der Waals surface area contributed by atoms with E-state index in [9.17, 15) is 0 Å². The standard InChI is InChI=1S/C14H18N2/c1-8-5-9(2)14-12(6-8)11-7-10(15)3-4-13(11)16-14/h5-6,10,16H,3-4,7,15H2,1-2H3. The van der Waals surface area contributed by atoms with E-state index in [1.165, 1.54) is 33.3 Å². The molecule has 1 aromatic carbocycles. The lowest BCUT2D eigenvalue weighted by Gasteiger charge is -2.18. The van der Waals surface area contributed by atoms with Crippen LogP contribution in [0, 0.1) is 13.8 Å². The van der Waals surface area contributed by atoms with Crippen LogP contribution in [-0.2, 0) is 12.8 Å². The number of hydrogen-bond donors (Lipinski definition) is 2. The van der Waals surface area contributed by atoms with E-state index in [2.05, 4.69) is 31.0 Å². The number of nitrogens with one attached hydrogen (secondary N) is 1. The summed E-state index contributed by atoms with van der Waals surface area (Å²) in [5, 5.41) is 1.39. The molecule has 0 saturated heterocycles. The molecule has 0 bridgehead atoms. The van der Waals surface area contributed by atoms with Crippen molar-refractivity contribution in [1.29, 1.82) is 0 Å². The van der Waals surface area contributed by atoms with Crippen LogP contribution in [0.3, 0.4) is 0 Å². The second kappa shape index (κ2) is 3.36. The SMILES string of the molecule is Cc1cc(C)c2[nH]c3c(c2c1)CC(N)CC3. The number of H-pyrrole nitrogens is 1. The van der Waals surface area contributed by atoms with Crippen LogP contribution in [0.5, 0.6) is 0 Å². The third-order valence-electron chi connectivity index (χ3n) is 3.68. The highest BCUT2D eigenvalue weighted by Crippen LogP contribution is 2.31. The van der Waals surface area contributed by atoms with Gasteiger partial charge in [0.25, 0.3) is 0 Å². The van der Waals surface area contributed by atoms with Crippen molar-refractivity contribution >= 4 is 10.9 Å². The minimum atomic E-state index is 0.340. The summed E-state index contributed by atoms with van der Waals surface area (Å²) >= 11 is 0. The van der Waals surface area contributed by atoms with Gasteiger partial charge in [-0.1, -0.05) is 11.6 Å². The number of aromatic nitrogens is 1. The maximum atomic E-state index is 6.06. The molecule has 0 spiro atoms. The minimum absolute atomic E-state index is 0.340. The van der Waals surface area contributed by atoms with E-state index in [0.717, 1.165) is 19.3 Å². The van der Waals surface area contributed by atoms with Gasteiger partial charge in [0.15, 0.2) is 0 Å². The lowest BCUT2D eigenvalue weighted by molar-refractivity contribution is 0.574. The third-order valence-corrected chi connectivity index (χ3v) is 3.68. The van der Waals surface area contributed by atoms with Gasteiger partial charge in [0, 0.05) is 22.6 Å². The number of aryl methyl sites for hydroxylation is 3. The number of nitrogens with two attached hydrogens (primary N) is 1. The second-order valence-corrected chi connectivity index (χ2v) is 5.09. The average Bonchev–Trinajstić information content (AvgIpc) is 2.57. The lowest BCUT2D eigenvalue weighted by Crippen LogP contribution is -2.27. The molecule has 2 aromatic rings. The van der Waals surface area contributed by atoms with Crippen molar-refractivity contribution in [3.05, 3.63) is 34.5 Å². The molecule has 16 heavy (non-hydrogen) atoms. The first kappa shape index (κ1) is 9.91. The first-order chi connectivity index (χ1) is 7.65. The van der Waals surface area contributed by atoms with Gasteiger partial charge in [0.2, 0.25) is 0 Å². The molecule has 1 unspecified atom stereocenters. The van der Waals surface area contributed by atoms with Crippen LogP contribution in [0.25, 0.3) is 10.9 Å². The fraction of sp³-hybridized carbons (Fsp3) is 0.429. The maximum Gasteiger partial charge on any atom is 0.0488 e. The summed E-state index contributed by atoms with van der Waals surface area (Å²) < 4.78 is 0. The van der Waals surface area contributed by atoms with Gasteiger partial charge in [-0.3, -0.25) is 0 Å². The van der Waals surface area contributed by atoms with Crippen LogP contribution in [-0.4, -0.2) is 11.0 Å². The molecule has 0 fully saturated rings. The Morgan fingerprint density at radius 3 is 2.94 bits per heavy atom. The van der Waals surface area contributed by atoms with Crippen molar-refractivity contribution < 1.29 is 0 Å². The van der Waals surface area contributed by atoms with Crippen molar-refractivity contribution in [2.24, 2.45) is 5.73 Å². The van der Waals surface area contributed by atoms with Gasteiger partial charge < -0.3 is 10.7 Å². The zero-order chi connectivity index (χ0) is 11.3. The van der Waals surface area contributed by atoms with Crippen LogP contribution >= 0.6 is 0 Å². The second-order valence-electron chi connectivity index (χ2n) is 5.09. The molecule has 1 aliphatic rings. The molecule has 1 heterocycles. The van der Waals surface area contributed by atoms with E-state index in [4.69, 9.17) is 5.73 Å². The first-order valence-corrected chi connectivity index (χ1v) is 6.01. The molecule has 0 amide bonds.